The molecule has 1 aliphatic heterocycles. The van der Waals surface area contributed by atoms with Gasteiger partial charge in [-0.25, -0.2) is 0 Å². The van der Waals surface area contributed by atoms with Crippen LogP contribution >= 0.6 is 0 Å². The Morgan fingerprint density at radius 3 is 2.74 bits per heavy atom. The van der Waals surface area contributed by atoms with Crippen LogP contribution in [-0.2, 0) is 11.3 Å². The van der Waals surface area contributed by atoms with Crippen molar-refractivity contribution in [3.63, 3.8) is 0 Å². The number of ether oxygens (including phenoxy) is 1. The summed E-state index contributed by atoms with van der Waals surface area (Å²) in [7, 11) is 0. The third-order valence-electron chi connectivity index (χ3n) is 5.64. The van der Waals surface area contributed by atoms with Crippen molar-refractivity contribution in [2.45, 2.75) is 53.1 Å². The molecule has 2 heterocycles. The highest BCUT2D eigenvalue weighted by molar-refractivity contribution is 5.97. The lowest BCUT2D eigenvalue weighted by molar-refractivity contribution is -0.121. The van der Waals surface area contributed by atoms with Gasteiger partial charge in [0.25, 0.3) is 11.8 Å². The number of hydrogen-bond donors (Lipinski definition) is 1. The Labute approximate surface area is 184 Å². The third-order valence-corrected chi connectivity index (χ3v) is 5.64. The van der Waals surface area contributed by atoms with Gasteiger partial charge in [0, 0.05) is 6.04 Å². The lowest BCUT2D eigenvalue weighted by atomic mass is 10.1. The molecule has 168 valence electrons. The molecule has 7 heteroatoms. The fourth-order valence-electron chi connectivity index (χ4n) is 3.75. The van der Waals surface area contributed by atoms with E-state index in [0.717, 1.165) is 38.0 Å². The Balaban J connectivity index is 1.57. The molecule has 7 nitrogen and oxygen atoms in total. The number of carbonyl (C=O) groups excluding carboxylic acids is 2. The molecule has 0 saturated heterocycles. The zero-order valence-corrected chi connectivity index (χ0v) is 18.9. The number of furan rings is 1. The Bertz CT molecular complexity index is 904. The monoisotopic (exact) mass is 427 g/mol. The molecule has 0 spiro atoms. The highest BCUT2D eigenvalue weighted by Gasteiger charge is 2.27. The van der Waals surface area contributed by atoms with Crippen molar-refractivity contribution in [2.24, 2.45) is 0 Å². The van der Waals surface area contributed by atoms with Gasteiger partial charge >= 0.3 is 0 Å². The second-order valence-corrected chi connectivity index (χ2v) is 8.05. The van der Waals surface area contributed by atoms with E-state index < -0.39 is 0 Å². The molecule has 1 unspecified atom stereocenters. The second kappa shape index (κ2) is 10.5. The van der Waals surface area contributed by atoms with Gasteiger partial charge in [-0.1, -0.05) is 19.9 Å². The maximum atomic E-state index is 12.6. The Morgan fingerprint density at radius 1 is 1.23 bits per heavy atom. The second-order valence-electron chi connectivity index (χ2n) is 8.05. The summed E-state index contributed by atoms with van der Waals surface area (Å²) < 4.78 is 11.3. The van der Waals surface area contributed by atoms with Gasteiger partial charge < -0.3 is 19.4 Å². The molecule has 0 fully saturated rings. The average Bonchev–Trinajstić information content (AvgIpc) is 3.22. The number of carbonyl (C=O) groups is 2. The number of hydrogen-bond acceptors (Lipinski definition) is 5. The first kappa shape index (κ1) is 22.9. The van der Waals surface area contributed by atoms with E-state index in [1.807, 2.05) is 32.0 Å². The number of aryl methyl sites for hydroxylation is 1. The summed E-state index contributed by atoms with van der Waals surface area (Å²) in [4.78, 5) is 29.0. The molecule has 2 aromatic rings. The number of rotatable bonds is 10. The smallest absolute Gasteiger partial charge is 0.287 e. The number of fused-ring (bicyclic) bond motifs is 1. The van der Waals surface area contributed by atoms with Gasteiger partial charge in [0.15, 0.2) is 12.4 Å². The van der Waals surface area contributed by atoms with Gasteiger partial charge in [-0.15, -0.1) is 0 Å². The number of nitrogens with zero attached hydrogens (tertiary/aromatic N) is 2. The number of amides is 2. The average molecular weight is 428 g/mol. The normalized spacial score (nSPS) is 14.4. The zero-order chi connectivity index (χ0) is 22.4. The zero-order valence-electron chi connectivity index (χ0n) is 18.9. The maximum Gasteiger partial charge on any atom is 0.287 e. The van der Waals surface area contributed by atoms with Gasteiger partial charge in [0.2, 0.25) is 0 Å². The van der Waals surface area contributed by atoms with Crippen LogP contribution in [0.3, 0.4) is 0 Å². The third kappa shape index (κ3) is 5.88. The minimum Gasteiger partial charge on any atom is -0.482 e. The Morgan fingerprint density at radius 2 is 2.00 bits per heavy atom. The fraction of sp³-hybridized carbons (Fsp3) is 0.500. The van der Waals surface area contributed by atoms with Crippen LogP contribution in [0.25, 0.3) is 0 Å². The standard InChI is InChI=1S/C24H33N3O4/c1-5-26(6-2)13-7-8-18(4)25-24(29)21-12-10-19(31-21)15-27-20-11-9-17(3)14-22(20)30-16-23(27)28/h9-12,14,18H,5-8,13,15-16H2,1-4H3,(H,25,29). The summed E-state index contributed by atoms with van der Waals surface area (Å²) >= 11 is 0. The van der Waals surface area contributed by atoms with Gasteiger partial charge in [-0.05, 0) is 76.2 Å². The van der Waals surface area contributed by atoms with Crippen LogP contribution in [-0.4, -0.2) is 49.0 Å². The molecule has 1 N–H and O–H groups in total. The molecule has 1 aromatic carbocycles. The summed E-state index contributed by atoms with van der Waals surface area (Å²) in [6, 6.07) is 9.20. The first-order chi connectivity index (χ1) is 14.9. The SMILES string of the molecule is CCN(CC)CCCC(C)NC(=O)c1ccc(CN2C(=O)COc3cc(C)ccc32)o1. The summed E-state index contributed by atoms with van der Waals surface area (Å²) in [5, 5.41) is 3.00. The van der Waals surface area contributed by atoms with Crippen LogP contribution in [0.15, 0.2) is 34.7 Å². The van der Waals surface area contributed by atoms with Crippen molar-refractivity contribution in [3.05, 3.63) is 47.4 Å². The van der Waals surface area contributed by atoms with E-state index in [1.165, 1.54) is 0 Å². The van der Waals surface area contributed by atoms with E-state index in [1.54, 1.807) is 17.0 Å². The summed E-state index contributed by atoms with van der Waals surface area (Å²) in [6.45, 7) is 11.7. The molecule has 0 saturated carbocycles. The molecule has 1 aliphatic rings. The molecule has 0 radical (unpaired) electrons. The van der Waals surface area contributed by atoms with Gasteiger partial charge in [-0.2, -0.15) is 0 Å². The number of anilines is 1. The summed E-state index contributed by atoms with van der Waals surface area (Å²) in [6.07, 6.45) is 1.94. The lowest BCUT2D eigenvalue weighted by Crippen LogP contribution is -2.38. The summed E-state index contributed by atoms with van der Waals surface area (Å²) in [5.74, 6) is 1.13. The predicted octanol–water partition coefficient (Wildman–Crippen LogP) is 3.75. The minimum absolute atomic E-state index is 0.00445. The largest absolute Gasteiger partial charge is 0.482 e. The minimum atomic E-state index is -0.231. The van der Waals surface area contributed by atoms with Gasteiger partial charge in [-0.3, -0.25) is 14.5 Å². The number of benzene rings is 1. The quantitative estimate of drug-likeness (QED) is 0.625. The molecule has 0 bridgehead atoms. The van der Waals surface area contributed by atoms with Crippen LogP contribution in [0.1, 0.15) is 55.5 Å². The Kier molecular flexibility index (Phi) is 7.74. The molecule has 3 rings (SSSR count). The maximum absolute atomic E-state index is 12.6. The number of nitrogens with one attached hydrogen (secondary N) is 1. The van der Waals surface area contributed by atoms with Gasteiger partial charge in [0.1, 0.15) is 11.5 Å². The predicted molar refractivity (Wildman–Crippen MR) is 121 cm³/mol. The topological polar surface area (TPSA) is 75.0 Å². The van der Waals surface area contributed by atoms with E-state index in [-0.39, 0.29) is 36.8 Å². The van der Waals surface area contributed by atoms with Crippen molar-refractivity contribution >= 4 is 17.5 Å². The molecule has 0 aliphatic carbocycles. The van der Waals surface area contributed by atoms with Crippen molar-refractivity contribution in [1.82, 2.24) is 10.2 Å². The Hall–Kier alpha value is -2.80. The van der Waals surface area contributed by atoms with Crippen LogP contribution in [0.2, 0.25) is 0 Å². The molecular weight excluding hydrogens is 394 g/mol. The summed E-state index contributed by atoms with van der Waals surface area (Å²) in [5.41, 5.74) is 1.78. The first-order valence-electron chi connectivity index (χ1n) is 11.1. The van der Waals surface area contributed by atoms with Crippen molar-refractivity contribution in [3.8, 4) is 5.75 Å². The van der Waals surface area contributed by atoms with Crippen LogP contribution in [0.5, 0.6) is 5.75 Å². The van der Waals surface area contributed by atoms with E-state index in [4.69, 9.17) is 9.15 Å². The molecule has 31 heavy (non-hydrogen) atoms. The first-order valence-corrected chi connectivity index (χ1v) is 11.1. The molecular formula is C24H33N3O4. The van der Waals surface area contributed by atoms with Crippen molar-refractivity contribution in [1.29, 1.82) is 0 Å². The molecule has 2 amide bonds. The van der Waals surface area contributed by atoms with E-state index in [2.05, 4.69) is 24.1 Å². The fourth-order valence-corrected chi connectivity index (χ4v) is 3.75. The van der Waals surface area contributed by atoms with Gasteiger partial charge in [0.05, 0.1) is 12.2 Å². The van der Waals surface area contributed by atoms with Crippen LogP contribution < -0.4 is 15.0 Å². The van der Waals surface area contributed by atoms with Crippen molar-refractivity contribution in [2.75, 3.05) is 31.1 Å². The van der Waals surface area contributed by atoms with Crippen LogP contribution in [0.4, 0.5) is 5.69 Å². The van der Waals surface area contributed by atoms with E-state index >= 15 is 0 Å². The van der Waals surface area contributed by atoms with Crippen molar-refractivity contribution < 1.29 is 18.7 Å². The molecule has 1 aromatic heterocycles. The molecule has 1 atom stereocenters. The highest BCUT2D eigenvalue weighted by atomic mass is 16.5. The van der Waals surface area contributed by atoms with Crippen LogP contribution in [0, 0.1) is 6.92 Å². The lowest BCUT2D eigenvalue weighted by Gasteiger charge is -2.28. The highest BCUT2D eigenvalue weighted by Crippen LogP contribution is 2.34. The van der Waals surface area contributed by atoms with E-state index in [0.29, 0.717) is 17.2 Å². The van der Waals surface area contributed by atoms with E-state index in [9.17, 15) is 9.59 Å².